The number of carbonyl (C=O) groups excluding carboxylic acids is 4. The molecule has 0 aliphatic carbocycles. The number of carboxylic acid groups (broad SMARTS) is 2. The Bertz CT molecular complexity index is 1410. The quantitative estimate of drug-likeness (QED) is 0.316. The fourth-order valence-electron chi connectivity index (χ4n) is 4.43. The van der Waals surface area contributed by atoms with Crippen LogP contribution in [0, 0.1) is 0 Å². The van der Waals surface area contributed by atoms with Gasteiger partial charge in [-0.15, -0.1) is 0 Å². The largest absolute Gasteiger partial charge is 0.497 e. The topological polar surface area (TPSA) is 168 Å². The zero-order valence-electron chi connectivity index (χ0n) is 22.9. The van der Waals surface area contributed by atoms with E-state index >= 15 is 0 Å². The molecule has 2 aromatic carbocycles. The van der Waals surface area contributed by atoms with Crippen LogP contribution in [-0.4, -0.2) is 80.5 Å². The number of hydrogen-bond donors (Lipinski definition) is 2. The summed E-state index contributed by atoms with van der Waals surface area (Å²) in [6.45, 7) is 0. The van der Waals surface area contributed by atoms with Gasteiger partial charge < -0.3 is 19.7 Å². The molecule has 2 fully saturated rings. The molecule has 0 saturated carbocycles. The van der Waals surface area contributed by atoms with Crippen LogP contribution in [0.15, 0.2) is 58.3 Å². The maximum Gasteiger partial charge on any atom is 0.326 e. The Morgan fingerprint density at radius 3 is 1.35 bits per heavy atom. The minimum absolute atomic E-state index is 0.0336. The second kappa shape index (κ2) is 13.6. The van der Waals surface area contributed by atoms with Crippen molar-refractivity contribution in [1.29, 1.82) is 0 Å². The number of amides is 4. The van der Waals surface area contributed by atoms with Crippen LogP contribution in [0.25, 0.3) is 12.2 Å². The Morgan fingerprint density at radius 1 is 0.698 bits per heavy atom. The summed E-state index contributed by atoms with van der Waals surface area (Å²) >= 11 is 1.19. The highest BCUT2D eigenvalue weighted by atomic mass is 32.2. The summed E-state index contributed by atoms with van der Waals surface area (Å²) in [6, 6.07) is 10.2. The molecule has 2 aliphatic heterocycles. The number of thioether (sulfide) groups is 2. The van der Waals surface area contributed by atoms with Gasteiger partial charge >= 0.3 is 11.9 Å². The first-order valence-electron chi connectivity index (χ1n) is 12.8. The molecular weight excluding hydrogens is 600 g/mol. The van der Waals surface area contributed by atoms with Gasteiger partial charge in [-0.1, -0.05) is 24.3 Å². The number of carboxylic acids is 2. The molecule has 12 nitrogen and oxygen atoms in total. The molecule has 2 unspecified atom stereocenters. The predicted octanol–water partition coefficient (Wildman–Crippen LogP) is 4.55. The third-order valence-electron chi connectivity index (χ3n) is 6.62. The number of rotatable bonds is 12. The molecule has 43 heavy (non-hydrogen) atoms. The molecule has 2 saturated heterocycles. The average Bonchev–Trinajstić information content (AvgIpc) is 3.41. The van der Waals surface area contributed by atoms with Gasteiger partial charge in [0, 0.05) is 0 Å². The van der Waals surface area contributed by atoms with Gasteiger partial charge in [-0.2, -0.15) is 0 Å². The molecule has 2 heterocycles. The molecule has 2 aromatic rings. The van der Waals surface area contributed by atoms with Crippen molar-refractivity contribution in [3.63, 3.8) is 0 Å². The standard InChI is InChI=1S/C29H26N2O10S2/c1-40-18-10-6-16(7-11-18)14-22-24(32)30(28(38)42-22)20(26(34)35)4-3-5-21(27(36)37)31-25(33)23(43-29(31)39)15-17-8-12-19(41-2)13-9-17/h6-15,20-21H,3-5H2,1-2H3,(H,34,35)(H,36,37)/b22-14-,23-15-. The van der Waals surface area contributed by atoms with E-state index in [-0.39, 0.29) is 29.1 Å². The van der Waals surface area contributed by atoms with Crippen molar-refractivity contribution in [2.45, 2.75) is 31.3 Å². The maximum atomic E-state index is 13.0. The molecule has 4 amide bonds. The minimum Gasteiger partial charge on any atom is -0.497 e. The zero-order valence-corrected chi connectivity index (χ0v) is 24.6. The van der Waals surface area contributed by atoms with E-state index in [1.165, 1.54) is 26.4 Å². The highest BCUT2D eigenvalue weighted by Crippen LogP contribution is 2.37. The summed E-state index contributed by atoms with van der Waals surface area (Å²) in [7, 11) is 3.01. The van der Waals surface area contributed by atoms with Crippen LogP contribution < -0.4 is 9.47 Å². The lowest BCUT2D eigenvalue weighted by atomic mass is 10.0. The van der Waals surface area contributed by atoms with Crippen LogP contribution >= 0.6 is 23.5 Å². The summed E-state index contributed by atoms with van der Waals surface area (Å²) in [5.41, 5.74) is 1.20. The summed E-state index contributed by atoms with van der Waals surface area (Å²) in [5, 5.41) is 18.1. The van der Waals surface area contributed by atoms with Crippen LogP contribution in [0.3, 0.4) is 0 Å². The number of aliphatic carboxylic acids is 2. The Kier molecular flexibility index (Phi) is 9.93. The molecule has 0 radical (unpaired) electrons. The van der Waals surface area contributed by atoms with Gasteiger partial charge in [0.15, 0.2) is 0 Å². The minimum atomic E-state index is -1.58. The van der Waals surface area contributed by atoms with Crippen molar-refractivity contribution in [3.05, 3.63) is 69.5 Å². The van der Waals surface area contributed by atoms with Crippen LogP contribution in [0.5, 0.6) is 11.5 Å². The van der Waals surface area contributed by atoms with E-state index in [1.54, 1.807) is 48.5 Å². The number of ether oxygens (including phenoxy) is 2. The molecule has 224 valence electrons. The van der Waals surface area contributed by atoms with Crippen molar-refractivity contribution in [1.82, 2.24) is 9.80 Å². The lowest BCUT2D eigenvalue weighted by Gasteiger charge is -2.24. The van der Waals surface area contributed by atoms with Crippen molar-refractivity contribution in [2.24, 2.45) is 0 Å². The third kappa shape index (κ3) is 7.09. The van der Waals surface area contributed by atoms with E-state index < -0.39 is 46.3 Å². The third-order valence-corrected chi connectivity index (χ3v) is 8.39. The van der Waals surface area contributed by atoms with E-state index in [0.717, 1.165) is 0 Å². The molecule has 2 aliphatic rings. The van der Waals surface area contributed by atoms with Crippen LogP contribution in [0.4, 0.5) is 9.59 Å². The van der Waals surface area contributed by atoms with E-state index in [4.69, 9.17) is 9.47 Å². The van der Waals surface area contributed by atoms with Crippen LogP contribution in [-0.2, 0) is 19.2 Å². The molecule has 0 bridgehead atoms. The van der Waals surface area contributed by atoms with Gasteiger partial charge in [0.05, 0.1) is 24.0 Å². The number of carbonyl (C=O) groups is 6. The zero-order chi connectivity index (χ0) is 31.3. The Hall–Kier alpha value is -4.56. The maximum absolute atomic E-state index is 13.0. The highest BCUT2D eigenvalue weighted by Gasteiger charge is 2.45. The fourth-order valence-corrected chi connectivity index (χ4v) is 6.19. The normalized spacial score (nSPS) is 18.5. The first kappa shape index (κ1) is 31.4. The first-order valence-corrected chi connectivity index (χ1v) is 14.4. The van der Waals surface area contributed by atoms with Gasteiger partial charge in [0.25, 0.3) is 22.3 Å². The number of hydrogen-bond acceptors (Lipinski definition) is 10. The van der Waals surface area contributed by atoms with E-state index in [9.17, 15) is 39.0 Å². The lowest BCUT2D eigenvalue weighted by molar-refractivity contribution is -0.147. The lowest BCUT2D eigenvalue weighted by Crippen LogP contribution is -2.45. The molecule has 4 rings (SSSR count). The molecule has 2 atom stereocenters. The number of nitrogens with zero attached hydrogens (tertiary/aromatic N) is 2. The molecule has 14 heteroatoms. The summed E-state index contributed by atoms with van der Waals surface area (Å²) in [5.74, 6) is -3.29. The summed E-state index contributed by atoms with van der Waals surface area (Å²) in [4.78, 5) is 77.0. The van der Waals surface area contributed by atoms with Gasteiger partial charge in [0.1, 0.15) is 23.6 Å². The summed E-state index contributed by atoms with van der Waals surface area (Å²) < 4.78 is 10.2. The second-order valence-electron chi connectivity index (χ2n) is 9.29. The molecular formula is C29H26N2O10S2. The summed E-state index contributed by atoms with van der Waals surface area (Å²) in [6.07, 6.45) is 2.23. The number of imide groups is 2. The van der Waals surface area contributed by atoms with E-state index in [1.807, 2.05) is 0 Å². The smallest absolute Gasteiger partial charge is 0.326 e. The monoisotopic (exact) mass is 626 g/mol. The Morgan fingerprint density at radius 2 is 1.05 bits per heavy atom. The van der Waals surface area contributed by atoms with Crippen molar-refractivity contribution < 1.29 is 48.5 Å². The van der Waals surface area contributed by atoms with Gasteiger partial charge in [-0.25, -0.2) is 9.59 Å². The first-order chi connectivity index (χ1) is 20.5. The Balaban J connectivity index is 1.44. The van der Waals surface area contributed by atoms with Crippen LogP contribution in [0.2, 0.25) is 0 Å². The van der Waals surface area contributed by atoms with Crippen molar-refractivity contribution in [2.75, 3.05) is 14.2 Å². The van der Waals surface area contributed by atoms with Gasteiger partial charge in [-0.05, 0) is 90.3 Å². The van der Waals surface area contributed by atoms with Crippen molar-refractivity contribution in [3.8, 4) is 11.5 Å². The van der Waals surface area contributed by atoms with Crippen molar-refractivity contribution >= 4 is 69.9 Å². The SMILES string of the molecule is COc1ccc(/C=C2\SC(=O)N(C(CCCC(C(=O)O)N3C(=O)S/C(=C\c4ccc(OC)cc4)C3=O)C(=O)O)C2=O)cc1. The molecule has 0 aromatic heterocycles. The molecule has 0 spiro atoms. The van der Waals surface area contributed by atoms with Crippen LogP contribution in [0.1, 0.15) is 30.4 Å². The number of benzene rings is 2. The molecule has 2 N–H and O–H groups in total. The average molecular weight is 627 g/mol. The van der Waals surface area contributed by atoms with Gasteiger partial charge in [0.2, 0.25) is 0 Å². The van der Waals surface area contributed by atoms with E-state index in [0.29, 0.717) is 55.9 Å². The number of methoxy groups -OCH3 is 2. The Labute approximate surface area is 254 Å². The highest BCUT2D eigenvalue weighted by molar-refractivity contribution is 8.18. The fraction of sp³-hybridized carbons (Fsp3) is 0.241. The predicted molar refractivity (Wildman–Crippen MR) is 158 cm³/mol. The second-order valence-corrected chi connectivity index (χ2v) is 11.3. The van der Waals surface area contributed by atoms with E-state index in [2.05, 4.69) is 0 Å². The van der Waals surface area contributed by atoms with Gasteiger partial charge in [-0.3, -0.25) is 29.0 Å².